The number of rotatable bonds is 6. The first-order valence-corrected chi connectivity index (χ1v) is 7.43. The maximum absolute atomic E-state index is 3.43. The summed E-state index contributed by atoms with van der Waals surface area (Å²) in [7, 11) is 0. The van der Waals surface area contributed by atoms with E-state index in [9.17, 15) is 0 Å². The number of nitrogens with one attached hydrogen (secondary N) is 1. The molecule has 98 valence electrons. The van der Waals surface area contributed by atoms with Crippen LogP contribution in [0.2, 0.25) is 0 Å². The van der Waals surface area contributed by atoms with Crippen LogP contribution in [0.5, 0.6) is 0 Å². The summed E-state index contributed by atoms with van der Waals surface area (Å²) < 4.78 is 0. The van der Waals surface area contributed by atoms with Gasteiger partial charge in [-0.15, -0.1) is 0 Å². The number of anilines is 1. The van der Waals surface area contributed by atoms with Gasteiger partial charge in [0.15, 0.2) is 0 Å². The van der Waals surface area contributed by atoms with E-state index in [4.69, 9.17) is 0 Å². The normalized spacial score (nSPS) is 17.9. The van der Waals surface area contributed by atoms with Gasteiger partial charge in [-0.2, -0.15) is 0 Å². The van der Waals surface area contributed by atoms with Crippen molar-refractivity contribution in [3.05, 3.63) is 29.3 Å². The van der Waals surface area contributed by atoms with Gasteiger partial charge in [-0.1, -0.05) is 19.1 Å². The van der Waals surface area contributed by atoms with E-state index in [1.165, 1.54) is 55.6 Å². The second kappa shape index (κ2) is 5.31. The zero-order chi connectivity index (χ0) is 12.4. The molecule has 1 saturated carbocycles. The largest absolute Gasteiger partial charge is 0.384 e. The van der Waals surface area contributed by atoms with Gasteiger partial charge in [0.2, 0.25) is 0 Å². The van der Waals surface area contributed by atoms with E-state index in [-0.39, 0.29) is 0 Å². The van der Waals surface area contributed by atoms with Crippen LogP contribution in [0, 0.1) is 5.92 Å². The van der Waals surface area contributed by atoms with Crippen molar-refractivity contribution in [3.8, 4) is 0 Å². The monoisotopic (exact) mass is 244 g/mol. The van der Waals surface area contributed by atoms with Crippen LogP contribution in [-0.4, -0.2) is 24.5 Å². The molecule has 1 aliphatic heterocycles. The summed E-state index contributed by atoms with van der Waals surface area (Å²) in [6.45, 7) is 7.08. The van der Waals surface area contributed by atoms with Gasteiger partial charge in [-0.25, -0.2) is 0 Å². The first-order chi connectivity index (χ1) is 8.85. The van der Waals surface area contributed by atoms with Gasteiger partial charge < -0.3 is 5.32 Å². The molecular formula is C16H24N2. The van der Waals surface area contributed by atoms with E-state index in [1.54, 1.807) is 0 Å². The van der Waals surface area contributed by atoms with Crippen molar-refractivity contribution in [2.75, 3.05) is 25.0 Å². The Morgan fingerprint density at radius 1 is 1.33 bits per heavy atom. The zero-order valence-electron chi connectivity index (χ0n) is 11.4. The van der Waals surface area contributed by atoms with Crippen LogP contribution in [-0.2, 0) is 13.0 Å². The summed E-state index contributed by atoms with van der Waals surface area (Å²) in [4.78, 5) is 2.64. The molecule has 1 heterocycles. The molecule has 0 saturated heterocycles. The Kier molecular flexibility index (Phi) is 3.55. The molecule has 1 aliphatic carbocycles. The first kappa shape index (κ1) is 12.0. The molecule has 18 heavy (non-hydrogen) atoms. The van der Waals surface area contributed by atoms with Gasteiger partial charge >= 0.3 is 0 Å². The molecule has 2 aliphatic rings. The topological polar surface area (TPSA) is 15.3 Å². The van der Waals surface area contributed by atoms with Crippen LogP contribution < -0.4 is 5.32 Å². The molecule has 0 atom stereocenters. The minimum absolute atomic E-state index is 0.993. The van der Waals surface area contributed by atoms with Gasteiger partial charge in [-0.3, -0.25) is 4.90 Å². The van der Waals surface area contributed by atoms with Crippen molar-refractivity contribution in [1.29, 1.82) is 0 Å². The van der Waals surface area contributed by atoms with Crippen LogP contribution >= 0.6 is 0 Å². The Hall–Kier alpha value is -1.02. The summed E-state index contributed by atoms with van der Waals surface area (Å²) >= 11 is 0. The van der Waals surface area contributed by atoms with Gasteiger partial charge in [0.25, 0.3) is 0 Å². The maximum atomic E-state index is 3.43. The Bertz CT molecular complexity index is 410. The molecule has 0 unspecified atom stereocenters. The molecule has 0 aromatic heterocycles. The summed E-state index contributed by atoms with van der Waals surface area (Å²) in [5.41, 5.74) is 4.35. The molecule has 3 rings (SSSR count). The Balaban J connectivity index is 1.65. The molecular weight excluding hydrogens is 220 g/mol. The first-order valence-electron chi connectivity index (χ1n) is 7.43. The third-order valence-corrected chi connectivity index (χ3v) is 4.04. The Morgan fingerprint density at radius 3 is 3.00 bits per heavy atom. The minimum atomic E-state index is 0.993. The summed E-state index contributed by atoms with van der Waals surface area (Å²) in [6, 6.07) is 6.97. The SMILES string of the molecule is CCCN(Cc1ccc2c(c1)CCN2)CC1CC1. The van der Waals surface area contributed by atoms with Gasteiger partial charge in [0.1, 0.15) is 0 Å². The van der Waals surface area contributed by atoms with Crippen molar-refractivity contribution < 1.29 is 0 Å². The summed E-state index contributed by atoms with van der Waals surface area (Å²) in [6.07, 6.45) is 5.36. The predicted molar refractivity (Wildman–Crippen MR) is 76.9 cm³/mol. The summed E-state index contributed by atoms with van der Waals surface area (Å²) in [5, 5.41) is 3.43. The fourth-order valence-corrected chi connectivity index (χ4v) is 2.93. The number of nitrogens with zero attached hydrogens (tertiary/aromatic N) is 1. The third kappa shape index (κ3) is 2.86. The molecule has 1 fully saturated rings. The second-order valence-electron chi connectivity index (χ2n) is 5.85. The van der Waals surface area contributed by atoms with Crippen molar-refractivity contribution in [2.45, 2.75) is 39.2 Å². The van der Waals surface area contributed by atoms with E-state index in [1.807, 2.05) is 0 Å². The molecule has 0 amide bonds. The minimum Gasteiger partial charge on any atom is -0.384 e. The van der Waals surface area contributed by atoms with Crippen molar-refractivity contribution in [1.82, 2.24) is 4.90 Å². The molecule has 1 aromatic carbocycles. The predicted octanol–water partition coefficient (Wildman–Crippen LogP) is 3.28. The molecule has 0 bridgehead atoms. The van der Waals surface area contributed by atoms with E-state index < -0.39 is 0 Å². The lowest BCUT2D eigenvalue weighted by Gasteiger charge is -2.22. The Morgan fingerprint density at radius 2 is 2.22 bits per heavy atom. The van der Waals surface area contributed by atoms with Crippen LogP contribution in [0.4, 0.5) is 5.69 Å². The van der Waals surface area contributed by atoms with Crippen molar-refractivity contribution in [3.63, 3.8) is 0 Å². The molecule has 2 nitrogen and oxygen atoms in total. The van der Waals surface area contributed by atoms with Gasteiger partial charge in [-0.05, 0) is 55.3 Å². The molecule has 2 heteroatoms. The lowest BCUT2D eigenvalue weighted by atomic mass is 10.1. The van der Waals surface area contributed by atoms with Gasteiger partial charge in [0, 0.05) is 25.3 Å². The molecule has 0 spiro atoms. The fourth-order valence-electron chi connectivity index (χ4n) is 2.93. The van der Waals surface area contributed by atoms with E-state index in [0.29, 0.717) is 0 Å². The standard InChI is InChI=1S/C16H24N2/c1-2-9-18(11-13-3-4-13)12-14-5-6-16-15(10-14)7-8-17-16/h5-6,10,13,17H,2-4,7-9,11-12H2,1H3. The number of benzene rings is 1. The number of hydrogen-bond donors (Lipinski definition) is 1. The summed E-state index contributed by atoms with van der Waals surface area (Å²) in [5.74, 6) is 0.993. The second-order valence-corrected chi connectivity index (χ2v) is 5.85. The van der Waals surface area contributed by atoms with E-state index in [2.05, 4.69) is 35.3 Å². The van der Waals surface area contributed by atoms with Crippen LogP contribution in [0.1, 0.15) is 37.3 Å². The highest BCUT2D eigenvalue weighted by Crippen LogP contribution is 2.30. The molecule has 1 aromatic rings. The molecule has 1 N–H and O–H groups in total. The lowest BCUT2D eigenvalue weighted by Crippen LogP contribution is -2.26. The third-order valence-electron chi connectivity index (χ3n) is 4.04. The average molecular weight is 244 g/mol. The number of fused-ring (bicyclic) bond motifs is 1. The fraction of sp³-hybridized carbons (Fsp3) is 0.625. The van der Waals surface area contributed by atoms with Crippen molar-refractivity contribution in [2.24, 2.45) is 5.92 Å². The van der Waals surface area contributed by atoms with Crippen LogP contribution in [0.15, 0.2) is 18.2 Å². The van der Waals surface area contributed by atoms with E-state index in [0.717, 1.165) is 19.0 Å². The highest BCUT2D eigenvalue weighted by atomic mass is 15.1. The lowest BCUT2D eigenvalue weighted by molar-refractivity contribution is 0.255. The quantitative estimate of drug-likeness (QED) is 0.826. The highest BCUT2D eigenvalue weighted by Gasteiger charge is 2.24. The van der Waals surface area contributed by atoms with Crippen LogP contribution in [0.3, 0.4) is 0 Å². The maximum Gasteiger partial charge on any atom is 0.0373 e. The average Bonchev–Trinajstić information content (AvgIpc) is 3.05. The Labute approximate surface area is 110 Å². The van der Waals surface area contributed by atoms with Crippen molar-refractivity contribution >= 4 is 5.69 Å². The highest BCUT2D eigenvalue weighted by molar-refractivity contribution is 5.56. The van der Waals surface area contributed by atoms with Crippen LogP contribution in [0.25, 0.3) is 0 Å². The zero-order valence-corrected chi connectivity index (χ0v) is 11.4. The van der Waals surface area contributed by atoms with E-state index >= 15 is 0 Å². The smallest absolute Gasteiger partial charge is 0.0373 e. The van der Waals surface area contributed by atoms with Gasteiger partial charge in [0.05, 0.1) is 0 Å². The number of hydrogen-bond acceptors (Lipinski definition) is 2. The molecule has 0 radical (unpaired) electrons.